The van der Waals surface area contributed by atoms with E-state index in [9.17, 15) is 18.4 Å². The van der Waals surface area contributed by atoms with Crippen LogP contribution < -0.4 is 5.32 Å². The molecule has 3 aliphatic rings. The number of allylic oxidation sites excluding steroid dienone is 2. The Morgan fingerprint density at radius 3 is 2.48 bits per heavy atom. The fraction of sp³-hybridized carbons (Fsp3) is 0.486. The third-order valence-electron chi connectivity index (χ3n) is 8.98. The summed E-state index contributed by atoms with van der Waals surface area (Å²) in [5, 5.41) is 3.26. The maximum absolute atomic E-state index is 15.0. The van der Waals surface area contributed by atoms with Crippen molar-refractivity contribution in [1.29, 1.82) is 0 Å². The summed E-state index contributed by atoms with van der Waals surface area (Å²) in [7, 11) is 0. The van der Waals surface area contributed by atoms with Crippen molar-refractivity contribution in [1.82, 2.24) is 15.1 Å². The van der Waals surface area contributed by atoms with Gasteiger partial charge in [0.1, 0.15) is 12.0 Å². The third kappa shape index (κ3) is 6.67. The zero-order valence-electron chi connectivity index (χ0n) is 25.2. The number of rotatable bonds is 6. The van der Waals surface area contributed by atoms with E-state index in [1.165, 1.54) is 11.6 Å². The van der Waals surface area contributed by atoms with E-state index in [-0.39, 0.29) is 22.9 Å². The first-order valence-electron chi connectivity index (χ1n) is 15.2. The van der Waals surface area contributed by atoms with Crippen molar-refractivity contribution in [2.45, 2.75) is 78.2 Å². The SMILES string of the molecule is Cc1cccc(F)c1C(=O)N1CCC[C@H](C(=O)NC2C=CC=C(C(C)(C)C)C2)[C@@H]1c1ccc(CN2CC[C@@H](F)C2)cc1. The lowest BCUT2D eigenvalue weighted by Crippen LogP contribution is -2.49. The largest absolute Gasteiger partial charge is 0.349 e. The van der Waals surface area contributed by atoms with Crippen LogP contribution in [-0.4, -0.2) is 53.5 Å². The smallest absolute Gasteiger partial charge is 0.257 e. The number of aryl methyl sites for hydroxylation is 1. The molecule has 2 heterocycles. The Labute approximate surface area is 248 Å². The molecule has 2 saturated heterocycles. The van der Waals surface area contributed by atoms with Gasteiger partial charge in [-0.05, 0) is 60.8 Å². The third-order valence-corrected chi connectivity index (χ3v) is 8.98. The van der Waals surface area contributed by atoms with Crippen molar-refractivity contribution in [3.63, 3.8) is 0 Å². The Hall–Kier alpha value is -3.32. The zero-order chi connectivity index (χ0) is 30.0. The molecule has 1 unspecified atom stereocenters. The maximum atomic E-state index is 15.0. The number of likely N-dealkylation sites (tertiary alicyclic amines) is 2. The molecule has 2 amide bonds. The predicted molar refractivity (Wildman–Crippen MR) is 162 cm³/mol. The second kappa shape index (κ2) is 12.5. The minimum absolute atomic E-state index is 0.00384. The monoisotopic (exact) mass is 575 g/mol. The highest BCUT2D eigenvalue weighted by atomic mass is 19.1. The number of carbonyl (C=O) groups excluding carboxylic acids is 2. The predicted octanol–water partition coefficient (Wildman–Crippen LogP) is 6.69. The Bertz CT molecular complexity index is 1340. The number of amides is 2. The summed E-state index contributed by atoms with van der Waals surface area (Å²) in [6.07, 6.45) is 7.96. The molecule has 2 aromatic carbocycles. The molecule has 0 aromatic heterocycles. The fourth-order valence-corrected chi connectivity index (χ4v) is 6.59. The van der Waals surface area contributed by atoms with Crippen molar-refractivity contribution in [2.75, 3.05) is 19.6 Å². The summed E-state index contributed by atoms with van der Waals surface area (Å²) in [5.74, 6) is -1.52. The van der Waals surface area contributed by atoms with Crippen LogP contribution >= 0.6 is 0 Å². The summed E-state index contributed by atoms with van der Waals surface area (Å²) in [6, 6.07) is 12.0. The molecule has 7 heteroatoms. The summed E-state index contributed by atoms with van der Waals surface area (Å²) in [5.41, 5.74) is 3.82. The zero-order valence-corrected chi connectivity index (χ0v) is 25.2. The van der Waals surface area contributed by atoms with Gasteiger partial charge in [-0.25, -0.2) is 8.78 Å². The van der Waals surface area contributed by atoms with Crippen LogP contribution in [0.5, 0.6) is 0 Å². The van der Waals surface area contributed by atoms with Crippen LogP contribution in [0.4, 0.5) is 8.78 Å². The van der Waals surface area contributed by atoms with Crippen LogP contribution in [0.15, 0.2) is 66.3 Å². The first-order valence-corrected chi connectivity index (χ1v) is 15.2. The number of alkyl halides is 1. The van der Waals surface area contributed by atoms with Crippen molar-refractivity contribution in [2.24, 2.45) is 11.3 Å². The number of benzene rings is 2. The van der Waals surface area contributed by atoms with Gasteiger partial charge in [-0.1, -0.05) is 81.0 Å². The highest BCUT2D eigenvalue weighted by Crippen LogP contribution is 2.39. The van der Waals surface area contributed by atoms with Crippen LogP contribution in [0.3, 0.4) is 0 Å². The van der Waals surface area contributed by atoms with E-state index in [0.717, 1.165) is 24.1 Å². The highest BCUT2D eigenvalue weighted by molar-refractivity contribution is 5.97. The summed E-state index contributed by atoms with van der Waals surface area (Å²) < 4.78 is 28.7. The number of hydrogen-bond acceptors (Lipinski definition) is 3. The Morgan fingerprint density at radius 1 is 1.05 bits per heavy atom. The van der Waals surface area contributed by atoms with E-state index < -0.39 is 29.9 Å². The molecule has 2 aliphatic heterocycles. The van der Waals surface area contributed by atoms with E-state index in [4.69, 9.17) is 0 Å². The first kappa shape index (κ1) is 30.1. The van der Waals surface area contributed by atoms with E-state index in [0.29, 0.717) is 44.5 Å². The van der Waals surface area contributed by atoms with E-state index in [1.54, 1.807) is 24.0 Å². The van der Waals surface area contributed by atoms with Gasteiger partial charge < -0.3 is 10.2 Å². The molecule has 0 radical (unpaired) electrons. The van der Waals surface area contributed by atoms with Crippen molar-refractivity contribution < 1.29 is 18.4 Å². The molecule has 4 atom stereocenters. The lowest BCUT2D eigenvalue weighted by atomic mass is 9.80. The maximum Gasteiger partial charge on any atom is 0.257 e. The molecule has 5 nitrogen and oxygen atoms in total. The van der Waals surface area contributed by atoms with Crippen LogP contribution in [0.25, 0.3) is 0 Å². The van der Waals surface area contributed by atoms with Crippen LogP contribution in [0, 0.1) is 24.1 Å². The van der Waals surface area contributed by atoms with Gasteiger partial charge in [-0.15, -0.1) is 0 Å². The van der Waals surface area contributed by atoms with Gasteiger partial charge in [0.25, 0.3) is 5.91 Å². The van der Waals surface area contributed by atoms with Crippen LogP contribution in [0.1, 0.15) is 79.5 Å². The molecule has 0 spiro atoms. The van der Waals surface area contributed by atoms with Crippen molar-refractivity contribution in [3.05, 3.63) is 94.3 Å². The van der Waals surface area contributed by atoms with E-state index in [1.807, 2.05) is 36.4 Å². The molecule has 0 bridgehead atoms. The van der Waals surface area contributed by atoms with Gasteiger partial charge in [0.05, 0.1) is 23.6 Å². The minimum Gasteiger partial charge on any atom is -0.349 e. The van der Waals surface area contributed by atoms with Gasteiger partial charge in [0.2, 0.25) is 5.91 Å². The number of carbonyl (C=O) groups is 2. The van der Waals surface area contributed by atoms with Gasteiger partial charge in [0, 0.05) is 26.2 Å². The number of halogens is 2. The average Bonchev–Trinajstić information content (AvgIpc) is 3.36. The average molecular weight is 576 g/mol. The van der Waals surface area contributed by atoms with Crippen molar-refractivity contribution >= 4 is 11.8 Å². The van der Waals surface area contributed by atoms with Gasteiger partial charge >= 0.3 is 0 Å². The molecule has 5 rings (SSSR count). The number of hydrogen-bond donors (Lipinski definition) is 1. The summed E-state index contributed by atoms with van der Waals surface area (Å²) in [6.45, 7) is 10.5. The van der Waals surface area contributed by atoms with Crippen molar-refractivity contribution in [3.8, 4) is 0 Å². The fourth-order valence-electron chi connectivity index (χ4n) is 6.59. The summed E-state index contributed by atoms with van der Waals surface area (Å²) >= 11 is 0. The first-order chi connectivity index (χ1) is 20.0. The molecule has 0 saturated carbocycles. The molecule has 2 aromatic rings. The number of nitrogens with zero attached hydrogens (tertiary/aromatic N) is 2. The Morgan fingerprint density at radius 2 is 1.81 bits per heavy atom. The second-order valence-corrected chi connectivity index (χ2v) is 13.1. The molecular weight excluding hydrogens is 532 g/mol. The summed E-state index contributed by atoms with van der Waals surface area (Å²) in [4.78, 5) is 31.7. The molecule has 224 valence electrons. The second-order valence-electron chi connectivity index (χ2n) is 13.1. The minimum atomic E-state index is -0.777. The standard InChI is InChI=1S/C35H43F2N3O2/c1-23-8-5-12-30(37)31(23)34(42)40-18-7-11-29(33(41)38-28-10-6-9-26(20-28)35(2,3)4)32(40)25-15-13-24(14-16-25)21-39-19-17-27(36)22-39/h5-6,8-10,12-16,27-29,32H,7,11,17-22H2,1-4H3,(H,38,41)/t27-,28?,29+,32+/m1/s1. The molecular formula is C35H43F2N3O2. The molecule has 1 aliphatic carbocycles. The molecule has 42 heavy (non-hydrogen) atoms. The molecule has 1 N–H and O–H groups in total. The molecule has 2 fully saturated rings. The quantitative estimate of drug-likeness (QED) is 0.418. The van der Waals surface area contributed by atoms with Gasteiger partial charge in [-0.2, -0.15) is 0 Å². The number of piperidine rings is 1. The van der Waals surface area contributed by atoms with Gasteiger partial charge in [0.15, 0.2) is 0 Å². The Kier molecular flexibility index (Phi) is 8.97. The van der Waals surface area contributed by atoms with E-state index >= 15 is 0 Å². The highest BCUT2D eigenvalue weighted by Gasteiger charge is 2.41. The normalized spacial score (nSPS) is 24.9. The van der Waals surface area contributed by atoms with Crippen LogP contribution in [0.2, 0.25) is 0 Å². The van der Waals surface area contributed by atoms with Crippen LogP contribution in [-0.2, 0) is 11.3 Å². The lowest BCUT2D eigenvalue weighted by molar-refractivity contribution is -0.128. The Balaban J connectivity index is 1.42. The topological polar surface area (TPSA) is 52.7 Å². The number of nitrogens with one attached hydrogen (secondary N) is 1. The van der Waals surface area contributed by atoms with E-state index in [2.05, 4.69) is 37.1 Å². The van der Waals surface area contributed by atoms with Gasteiger partial charge in [-0.3, -0.25) is 14.5 Å². The lowest BCUT2D eigenvalue weighted by Gasteiger charge is -2.42.